The van der Waals surface area contributed by atoms with Crippen LogP contribution in [0.3, 0.4) is 0 Å². The molecule has 0 aliphatic carbocycles. The average molecular weight is 201 g/mol. The van der Waals surface area contributed by atoms with Gasteiger partial charge in [0.25, 0.3) is 0 Å². The molecule has 2 rings (SSSR count). The Morgan fingerprint density at radius 3 is 2.46 bits per heavy atom. The van der Waals surface area contributed by atoms with Crippen LogP contribution in [0.15, 0.2) is 0 Å². The zero-order valence-corrected chi connectivity index (χ0v) is 8.35. The molecule has 0 aromatic carbocycles. The van der Waals surface area contributed by atoms with Crippen molar-refractivity contribution >= 4 is 17.7 Å². The summed E-state index contributed by atoms with van der Waals surface area (Å²) < 4.78 is 0. The third kappa shape index (κ3) is 1.99. The van der Waals surface area contributed by atoms with Crippen molar-refractivity contribution in [3.63, 3.8) is 0 Å². The number of rotatable bonds is 2. The molecule has 0 aromatic rings. The molecule has 0 saturated carbocycles. The number of fused-ring (bicyclic) bond motifs is 2. The highest BCUT2D eigenvalue weighted by Crippen LogP contribution is 2.47. The highest BCUT2D eigenvalue weighted by atomic mass is 32.2. The van der Waals surface area contributed by atoms with E-state index in [-0.39, 0.29) is 6.42 Å². The number of hydrogen-bond donors (Lipinski definition) is 2. The standard InChI is InChI=1S/C9H15NO2S/c10-9(5-8(11)12)3-6-1-2-7(4-9)13-6/h6-7H,1-5,10H2,(H,11,12). The number of carbonyl (C=O) groups is 1. The summed E-state index contributed by atoms with van der Waals surface area (Å²) in [5.74, 6) is -0.756. The first kappa shape index (κ1) is 9.34. The Bertz CT molecular complexity index is 220. The second-order valence-electron chi connectivity index (χ2n) is 4.30. The largest absolute Gasteiger partial charge is 0.481 e. The van der Waals surface area contributed by atoms with Crippen molar-refractivity contribution in [1.82, 2.24) is 0 Å². The Morgan fingerprint density at radius 2 is 2.00 bits per heavy atom. The minimum Gasteiger partial charge on any atom is -0.481 e. The van der Waals surface area contributed by atoms with Crippen LogP contribution in [-0.4, -0.2) is 27.1 Å². The van der Waals surface area contributed by atoms with E-state index in [2.05, 4.69) is 0 Å². The van der Waals surface area contributed by atoms with Crippen LogP contribution >= 0.6 is 11.8 Å². The minimum absolute atomic E-state index is 0.139. The highest BCUT2D eigenvalue weighted by molar-refractivity contribution is 8.00. The first-order valence-corrected chi connectivity index (χ1v) is 5.68. The molecule has 4 heteroatoms. The molecule has 2 aliphatic heterocycles. The average Bonchev–Trinajstić information content (AvgIpc) is 2.27. The molecule has 2 atom stereocenters. The molecule has 74 valence electrons. The molecule has 13 heavy (non-hydrogen) atoms. The number of nitrogens with two attached hydrogens (primary N) is 1. The Morgan fingerprint density at radius 1 is 1.46 bits per heavy atom. The van der Waals surface area contributed by atoms with Crippen molar-refractivity contribution in [2.24, 2.45) is 5.73 Å². The van der Waals surface area contributed by atoms with Crippen molar-refractivity contribution in [2.45, 2.75) is 48.1 Å². The Labute approximate surface area is 82.1 Å². The second kappa shape index (κ2) is 3.17. The molecule has 3 nitrogen and oxygen atoms in total. The summed E-state index contributed by atoms with van der Waals surface area (Å²) >= 11 is 2.01. The molecular weight excluding hydrogens is 186 g/mol. The summed E-state index contributed by atoms with van der Waals surface area (Å²) in [5.41, 5.74) is 5.67. The van der Waals surface area contributed by atoms with E-state index < -0.39 is 11.5 Å². The molecule has 2 aliphatic rings. The van der Waals surface area contributed by atoms with E-state index in [4.69, 9.17) is 10.8 Å². The fraction of sp³-hybridized carbons (Fsp3) is 0.889. The fourth-order valence-electron chi connectivity index (χ4n) is 2.52. The number of thioether (sulfide) groups is 1. The van der Waals surface area contributed by atoms with Crippen molar-refractivity contribution in [3.8, 4) is 0 Å². The van der Waals surface area contributed by atoms with E-state index in [0.717, 1.165) is 12.8 Å². The van der Waals surface area contributed by atoms with Gasteiger partial charge in [-0.15, -0.1) is 0 Å². The Balaban J connectivity index is 2.03. The van der Waals surface area contributed by atoms with Crippen LogP contribution in [0.4, 0.5) is 0 Å². The lowest BCUT2D eigenvalue weighted by atomic mass is 9.87. The second-order valence-corrected chi connectivity index (χ2v) is 5.90. The monoisotopic (exact) mass is 201 g/mol. The summed E-state index contributed by atoms with van der Waals surface area (Å²) in [6.07, 6.45) is 4.38. The third-order valence-corrected chi connectivity index (χ3v) is 4.54. The van der Waals surface area contributed by atoms with E-state index in [1.54, 1.807) is 0 Å². The van der Waals surface area contributed by atoms with Crippen LogP contribution in [0.25, 0.3) is 0 Å². The van der Waals surface area contributed by atoms with Crippen molar-refractivity contribution in [1.29, 1.82) is 0 Å². The fourth-order valence-corrected chi connectivity index (χ4v) is 4.46. The zero-order chi connectivity index (χ0) is 9.47. The van der Waals surface area contributed by atoms with Gasteiger partial charge in [-0.3, -0.25) is 4.79 Å². The predicted octanol–water partition coefficient (Wildman–Crippen LogP) is 1.22. The molecule has 3 N–H and O–H groups in total. The van der Waals surface area contributed by atoms with Gasteiger partial charge in [-0.1, -0.05) is 0 Å². The van der Waals surface area contributed by atoms with Gasteiger partial charge in [0.15, 0.2) is 0 Å². The molecule has 2 heterocycles. The Kier molecular flexibility index (Phi) is 2.28. The number of aliphatic carboxylic acids is 1. The summed E-state index contributed by atoms with van der Waals surface area (Å²) in [6, 6.07) is 0. The maximum atomic E-state index is 10.6. The van der Waals surface area contributed by atoms with Gasteiger partial charge < -0.3 is 10.8 Å². The predicted molar refractivity (Wildman–Crippen MR) is 52.8 cm³/mol. The van der Waals surface area contributed by atoms with Gasteiger partial charge in [0, 0.05) is 16.0 Å². The lowest BCUT2D eigenvalue weighted by Gasteiger charge is -2.35. The third-order valence-electron chi connectivity index (χ3n) is 2.97. The number of carboxylic acids is 1. The number of carboxylic acid groups (broad SMARTS) is 1. The lowest BCUT2D eigenvalue weighted by molar-refractivity contribution is -0.138. The maximum Gasteiger partial charge on any atom is 0.305 e. The smallest absolute Gasteiger partial charge is 0.305 e. The summed E-state index contributed by atoms with van der Waals surface area (Å²) in [6.45, 7) is 0. The van der Waals surface area contributed by atoms with Gasteiger partial charge in [0.1, 0.15) is 0 Å². The molecule has 0 aromatic heterocycles. The highest BCUT2D eigenvalue weighted by Gasteiger charge is 2.43. The van der Waals surface area contributed by atoms with Crippen molar-refractivity contribution < 1.29 is 9.90 Å². The minimum atomic E-state index is -0.756. The molecule has 2 fully saturated rings. The molecule has 2 saturated heterocycles. The zero-order valence-electron chi connectivity index (χ0n) is 7.53. The van der Waals surface area contributed by atoms with Gasteiger partial charge in [-0.25, -0.2) is 0 Å². The van der Waals surface area contributed by atoms with Crippen LogP contribution in [-0.2, 0) is 4.79 Å². The van der Waals surface area contributed by atoms with Crippen molar-refractivity contribution in [3.05, 3.63) is 0 Å². The van der Waals surface area contributed by atoms with Gasteiger partial charge in [0.2, 0.25) is 0 Å². The van der Waals surface area contributed by atoms with Gasteiger partial charge in [-0.05, 0) is 25.7 Å². The summed E-state index contributed by atoms with van der Waals surface area (Å²) in [7, 11) is 0. The van der Waals surface area contributed by atoms with Crippen LogP contribution in [0, 0.1) is 0 Å². The van der Waals surface area contributed by atoms with Crippen LogP contribution < -0.4 is 5.73 Å². The molecule has 0 amide bonds. The van der Waals surface area contributed by atoms with Crippen LogP contribution in [0.5, 0.6) is 0 Å². The van der Waals surface area contributed by atoms with E-state index in [1.165, 1.54) is 12.8 Å². The van der Waals surface area contributed by atoms with E-state index >= 15 is 0 Å². The van der Waals surface area contributed by atoms with Gasteiger partial charge in [-0.2, -0.15) is 11.8 Å². The first-order chi connectivity index (χ1) is 6.07. The Hall–Kier alpha value is -0.220. The number of hydrogen-bond acceptors (Lipinski definition) is 3. The van der Waals surface area contributed by atoms with Gasteiger partial charge in [0.05, 0.1) is 6.42 Å². The summed E-state index contributed by atoms with van der Waals surface area (Å²) in [4.78, 5) is 10.6. The molecular formula is C9H15NO2S. The van der Waals surface area contributed by atoms with Crippen LogP contribution in [0.2, 0.25) is 0 Å². The van der Waals surface area contributed by atoms with Gasteiger partial charge >= 0.3 is 5.97 Å². The van der Waals surface area contributed by atoms with E-state index in [1.807, 2.05) is 11.8 Å². The maximum absolute atomic E-state index is 10.6. The SMILES string of the molecule is NC1(CC(=O)O)CC2CCC(C1)S2. The molecule has 2 bridgehead atoms. The summed E-state index contributed by atoms with van der Waals surface area (Å²) in [5, 5.41) is 9.99. The first-order valence-electron chi connectivity index (χ1n) is 4.74. The topological polar surface area (TPSA) is 63.3 Å². The molecule has 0 spiro atoms. The molecule has 2 unspecified atom stereocenters. The quantitative estimate of drug-likeness (QED) is 0.705. The lowest BCUT2D eigenvalue weighted by Crippen LogP contribution is -2.47. The molecule has 0 radical (unpaired) electrons. The van der Waals surface area contributed by atoms with Crippen molar-refractivity contribution in [2.75, 3.05) is 0 Å². The van der Waals surface area contributed by atoms with Crippen LogP contribution in [0.1, 0.15) is 32.1 Å². The van der Waals surface area contributed by atoms with E-state index in [9.17, 15) is 4.79 Å². The normalized spacial score (nSPS) is 43.5. The van der Waals surface area contributed by atoms with E-state index in [0.29, 0.717) is 10.5 Å².